The van der Waals surface area contributed by atoms with Crippen LogP contribution in [-0.2, 0) is 9.53 Å². The smallest absolute Gasteiger partial charge is 0.316 e. The van der Waals surface area contributed by atoms with E-state index in [4.69, 9.17) is 4.74 Å². The van der Waals surface area contributed by atoms with Crippen molar-refractivity contribution < 1.29 is 31.5 Å². The van der Waals surface area contributed by atoms with Crippen LogP contribution in [0, 0.1) is 0 Å². The van der Waals surface area contributed by atoms with Crippen molar-refractivity contribution in [1.82, 2.24) is 0 Å². The number of hydrogen-bond donors (Lipinski definition) is 0. The molecule has 0 bridgehead atoms. The Balaban J connectivity index is 3.85. The van der Waals surface area contributed by atoms with Gasteiger partial charge in [-0.2, -0.15) is 11.8 Å². The lowest BCUT2D eigenvalue weighted by atomic mass is 10.1. The van der Waals surface area contributed by atoms with E-state index in [2.05, 4.69) is 0 Å². The molecule has 0 radical (unpaired) electrons. The standard InChI is InChI=1S/C12H19F5O2S/c1-11(2,3)19-8(18)7-20-6-4-5-12(16,17)9(13)10(14)15/h9-10H,4-7H2,1-3H3. The molecule has 2 nitrogen and oxygen atoms in total. The van der Waals surface area contributed by atoms with Crippen LogP contribution in [-0.4, -0.2) is 41.6 Å². The summed E-state index contributed by atoms with van der Waals surface area (Å²) < 4.78 is 67.1. The predicted octanol–water partition coefficient (Wildman–Crippen LogP) is 4.08. The zero-order valence-corrected chi connectivity index (χ0v) is 12.4. The summed E-state index contributed by atoms with van der Waals surface area (Å²) in [5, 5.41) is 0. The average Bonchev–Trinajstić information content (AvgIpc) is 2.24. The number of ether oxygens (including phenoxy) is 1. The van der Waals surface area contributed by atoms with Crippen LogP contribution in [0.3, 0.4) is 0 Å². The van der Waals surface area contributed by atoms with Crippen molar-refractivity contribution in [1.29, 1.82) is 0 Å². The molecule has 0 heterocycles. The highest BCUT2D eigenvalue weighted by Crippen LogP contribution is 2.31. The van der Waals surface area contributed by atoms with E-state index in [1.54, 1.807) is 20.8 Å². The summed E-state index contributed by atoms with van der Waals surface area (Å²) in [5.41, 5.74) is -0.622. The Morgan fingerprint density at radius 3 is 2.20 bits per heavy atom. The normalized spacial score (nSPS) is 14.4. The third-order valence-electron chi connectivity index (χ3n) is 2.06. The van der Waals surface area contributed by atoms with Crippen LogP contribution in [0.2, 0.25) is 0 Å². The van der Waals surface area contributed by atoms with Gasteiger partial charge in [-0.15, -0.1) is 0 Å². The molecule has 0 aliphatic heterocycles. The summed E-state index contributed by atoms with van der Waals surface area (Å²) in [6.07, 6.45) is -8.27. The van der Waals surface area contributed by atoms with Crippen molar-refractivity contribution in [3.63, 3.8) is 0 Å². The van der Waals surface area contributed by atoms with Gasteiger partial charge in [-0.3, -0.25) is 4.79 Å². The number of alkyl halides is 5. The maximum absolute atomic E-state index is 12.9. The first-order valence-electron chi connectivity index (χ1n) is 6.05. The van der Waals surface area contributed by atoms with Gasteiger partial charge in [0.25, 0.3) is 12.3 Å². The number of thioether (sulfide) groups is 1. The van der Waals surface area contributed by atoms with Gasteiger partial charge in [-0.25, -0.2) is 22.0 Å². The first kappa shape index (κ1) is 19.5. The van der Waals surface area contributed by atoms with Crippen molar-refractivity contribution in [3.8, 4) is 0 Å². The zero-order chi connectivity index (χ0) is 16.0. The van der Waals surface area contributed by atoms with Crippen LogP contribution in [0.5, 0.6) is 0 Å². The fraction of sp³-hybridized carbons (Fsp3) is 0.917. The first-order valence-corrected chi connectivity index (χ1v) is 7.21. The summed E-state index contributed by atoms with van der Waals surface area (Å²) in [6, 6.07) is 0. The molecule has 20 heavy (non-hydrogen) atoms. The van der Waals surface area contributed by atoms with Gasteiger partial charge in [0.15, 0.2) is 0 Å². The maximum Gasteiger partial charge on any atom is 0.316 e. The lowest BCUT2D eigenvalue weighted by Gasteiger charge is -2.20. The van der Waals surface area contributed by atoms with E-state index in [0.717, 1.165) is 11.8 Å². The van der Waals surface area contributed by atoms with E-state index in [1.807, 2.05) is 0 Å². The Morgan fingerprint density at radius 1 is 1.20 bits per heavy atom. The minimum atomic E-state index is -4.04. The Bertz CT molecular complexity index is 305. The number of carbonyl (C=O) groups excluding carboxylic acids is 1. The van der Waals surface area contributed by atoms with E-state index < -0.39 is 36.5 Å². The largest absolute Gasteiger partial charge is 0.459 e. The van der Waals surface area contributed by atoms with Crippen molar-refractivity contribution >= 4 is 17.7 Å². The number of hydrogen-bond acceptors (Lipinski definition) is 3. The van der Waals surface area contributed by atoms with Gasteiger partial charge < -0.3 is 4.74 Å². The predicted molar refractivity (Wildman–Crippen MR) is 68.3 cm³/mol. The summed E-state index contributed by atoms with van der Waals surface area (Å²) in [7, 11) is 0. The third kappa shape index (κ3) is 8.60. The molecule has 0 saturated carbocycles. The monoisotopic (exact) mass is 322 g/mol. The van der Waals surface area contributed by atoms with Crippen LogP contribution in [0.4, 0.5) is 22.0 Å². The fourth-order valence-corrected chi connectivity index (χ4v) is 1.98. The Morgan fingerprint density at radius 2 is 1.75 bits per heavy atom. The summed E-state index contributed by atoms with van der Waals surface area (Å²) >= 11 is 1.05. The van der Waals surface area contributed by atoms with Crippen LogP contribution in [0.1, 0.15) is 33.6 Å². The van der Waals surface area contributed by atoms with E-state index in [1.165, 1.54) is 0 Å². The molecule has 8 heteroatoms. The Labute approximate surface area is 119 Å². The van der Waals surface area contributed by atoms with Crippen LogP contribution >= 0.6 is 11.8 Å². The van der Waals surface area contributed by atoms with Gasteiger partial charge in [-0.05, 0) is 32.9 Å². The van der Waals surface area contributed by atoms with Gasteiger partial charge >= 0.3 is 5.97 Å². The summed E-state index contributed by atoms with van der Waals surface area (Å²) in [5.74, 6) is -4.40. The van der Waals surface area contributed by atoms with Gasteiger partial charge in [0.1, 0.15) is 5.60 Å². The molecule has 0 aromatic rings. The second-order valence-corrected chi connectivity index (χ2v) is 6.35. The molecule has 0 saturated heterocycles. The molecule has 0 aromatic heterocycles. The molecular weight excluding hydrogens is 303 g/mol. The van der Waals surface area contributed by atoms with Gasteiger partial charge in [-0.1, -0.05) is 0 Å². The molecule has 0 N–H and O–H groups in total. The number of rotatable bonds is 8. The molecule has 0 aliphatic rings. The van der Waals surface area contributed by atoms with Crippen molar-refractivity contribution in [2.24, 2.45) is 0 Å². The Kier molecular flexibility index (Phi) is 7.83. The molecule has 1 unspecified atom stereocenters. The fourth-order valence-electron chi connectivity index (χ4n) is 1.26. The second kappa shape index (κ2) is 8.05. The number of esters is 1. The molecule has 0 spiro atoms. The number of carbonyl (C=O) groups is 1. The molecule has 0 rings (SSSR count). The van der Waals surface area contributed by atoms with Gasteiger partial charge in [0, 0.05) is 6.42 Å². The van der Waals surface area contributed by atoms with E-state index in [0.29, 0.717) is 0 Å². The Hall–Kier alpha value is -0.530. The van der Waals surface area contributed by atoms with E-state index >= 15 is 0 Å². The molecule has 120 valence electrons. The minimum Gasteiger partial charge on any atom is -0.459 e. The molecule has 0 aromatic carbocycles. The number of halogens is 5. The van der Waals surface area contributed by atoms with E-state index in [9.17, 15) is 26.7 Å². The van der Waals surface area contributed by atoms with Crippen LogP contribution in [0.15, 0.2) is 0 Å². The molecule has 0 fully saturated rings. The second-order valence-electron chi connectivity index (χ2n) is 5.24. The first-order chi connectivity index (χ1) is 8.96. The van der Waals surface area contributed by atoms with Crippen LogP contribution < -0.4 is 0 Å². The molecular formula is C12H19F5O2S. The highest BCUT2D eigenvalue weighted by atomic mass is 32.2. The third-order valence-corrected chi connectivity index (χ3v) is 3.08. The lowest BCUT2D eigenvalue weighted by molar-refractivity contribution is -0.151. The zero-order valence-electron chi connectivity index (χ0n) is 11.6. The molecule has 0 amide bonds. The van der Waals surface area contributed by atoms with Crippen LogP contribution in [0.25, 0.3) is 0 Å². The van der Waals surface area contributed by atoms with Gasteiger partial charge in [0.2, 0.25) is 6.17 Å². The van der Waals surface area contributed by atoms with Crippen molar-refractivity contribution in [3.05, 3.63) is 0 Å². The highest BCUT2D eigenvalue weighted by molar-refractivity contribution is 7.99. The summed E-state index contributed by atoms with van der Waals surface area (Å²) in [6.45, 7) is 5.09. The maximum atomic E-state index is 12.9. The van der Waals surface area contributed by atoms with Crippen molar-refractivity contribution in [2.45, 2.75) is 57.7 Å². The highest BCUT2D eigenvalue weighted by Gasteiger charge is 2.45. The average molecular weight is 322 g/mol. The minimum absolute atomic E-state index is 0.0171. The topological polar surface area (TPSA) is 26.3 Å². The van der Waals surface area contributed by atoms with Gasteiger partial charge in [0.05, 0.1) is 5.75 Å². The quantitative estimate of drug-likeness (QED) is 0.383. The van der Waals surface area contributed by atoms with Crippen molar-refractivity contribution in [2.75, 3.05) is 11.5 Å². The lowest BCUT2D eigenvalue weighted by Crippen LogP contribution is -2.35. The van der Waals surface area contributed by atoms with E-state index in [-0.39, 0.29) is 17.9 Å². The SMILES string of the molecule is CC(C)(C)OC(=O)CSCCCC(F)(F)C(F)C(F)F. The summed E-state index contributed by atoms with van der Waals surface area (Å²) in [4.78, 5) is 11.3. The molecule has 0 aliphatic carbocycles. The molecule has 1 atom stereocenters.